The van der Waals surface area contributed by atoms with Crippen LogP contribution in [0.15, 0.2) is 18.2 Å². The first-order valence-electron chi connectivity index (χ1n) is 12.2. The van der Waals surface area contributed by atoms with Crippen molar-refractivity contribution in [3.63, 3.8) is 0 Å². The molecule has 178 valence electrons. The van der Waals surface area contributed by atoms with E-state index >= 15 is 0 Å². The van der Waals surface area contributed by atoms with E-state index in [1.165, 1.54) is 18.4 Å². The number of piperidine rings is 2. The molecule has 0 bridgehead atoms. The average molecular weight is 446 g/mol. The molecule has 1 aromatic rings. The van der Waals surface area contributed by atoms with Gasteiger partial charge in [-0.05, 0) is 82.4 Å². The molecule has 1 aromatic carbocycles. The van der Waals surface area contributed by atoms with Gasteiger partial charge < -0.3 is 24.4 Å². The molecule has 32 heavy (non-hydrogen) atoms. The Labute approximate surface area is 192 Å². The molecule has 1 N–H and O–H groups in total. The molecule has 7 nitrogen and oxygen atoms in total. The molecule has 1 unspecified atom stereocenters. The summed E-state index contributed by atoms with van der Waals surface area (Å²) in [6.07, 6.45) is 6.74. The summed E-state index contributed by atoms with van der Waals surface area (Å²) in [4.78, 5) is 17.7. The van der Waals surface area contributed by atoms with Crippen molar-refractivity contribution in [3.05, 3.63) is 23.8 Å². The summed E-state index contributed by atoms with van der Waals surface area (Å²) >= 11 is 0. The van der Waals surface area contributed by atoms with E-state index < -0.39 is 0 Å². The molecule has 0 aliphatic carbocycles. The first-order chi connectivity index (χ1) is 15.6. The minimum Gasteiger partial charge on any atom is -0.497 e. The SMILES string of the molecule is COc1cc(CN2CCC(N3CCC(C(=O)NCC4CCCO4)CC3)CC2)cc(OC)c1. The highest BCUT2D eigenvalue weighted by Crippen LogP contribution is 2.27. The van der Waals surface area contributed by atoms with Gasteiger partial charge in [-0.1, -0.05) is 0 Å². The number of benzene rings is 1. The van der Waals surface area contributed by atoms with Gasteiger partial charge in [0, 0.05) is 37.7 Å². The Morgan fingerprint density at radius 3 is 2.28 bits per heavy atom. The predicted molar refractivity (Wildman–Crippen MR) is 124 cm³/mol. The smallest absolute Gasteiger partial charge is 0.223 e. The number of rotatable bonds is 8. The number of carbonyl (C=O) groups excluding carboxylic acids is 1. The molecular formula is C25H39N3O4. The predicted octanol–water partition coefficient (Wildman–Crippen LogP) is 2.68. The molecule has 3 heterocycles. The van der Waals surface area contributed by atoms with Crippen LogP contribution in [0, 0.1) is 5.92 Å². The van der Waals surface area contributed by atoms with E-state index in [2.05, 4.69) is 27.2 Å². The van der Waals surface area contributed by atoms with Crippen LogP contribution in [0.1, 0.15) is 44.1 Å². The summed E-state index contributed by atoms with van der Waals surface area (Å²) in [5.74, 6) is 2.08. The first-order valence-corrected chi connectivity index (χ1v) is 12.2. The maximum Gasteiger partial charge on any atom is 0.223 e. The van der Waals surface area contributed by atoms with E-state index in [1.54, 1.807) is 14.2 Å². The Kier molecular flexibility index (Phi) is 8.27. The van der Waals surface area contributed by atoms with Crippen molar-refractivity contribution < 1.29 is 19.0 Å². The Hall–Kier alpha value is -1.83. The van der Waals surface area contributed by atoms with Crippen LogP contribution in [-0.4, -0.2) is 81.4 Å². The highest BCUT2D eigenvalue weighted by atomic mass is 16.5. The largest absolute Gasteiger partial charge is 0.497 e. The topological polar surface area (TPSA) is 63.3 Å². The van der Waals surface area contributed by atoms with Gasteiger partial charge in [0.25, 0.3) is 0 Å². The quantitative estimate of drug-likeness (QED) is 0.664. The van der Waals surface area contributed by atoms with Gasteiger partial charge in [0.15, 0.2) is 0 Å². The standard InChI is InChI=1S/C25H39N3O4/c1-30-23-14-19(15-24(16-23)31-2)18-27-9-7-21(8-10-27)28-11-5-20(6-12-28)25(29)26-17-22-4-3-13-32-22/h14-16,20-22H,3-13,17-18H2,1-2H3,(H,26,29). The average Bonchev–Trinajstić information content (AvgIpc) is 3.36. The van der Waals surface area contributed by atoms with Crippen LogP contribution >= 0.6 is 0 Å². The van der Waals surface area contributed by atoms with Crippen LogP contribution in [0.4, 0.5) is 0 Å². The van der Waals surface area contributed by atoms with E-state index in [9.17, 15) is 4.79 Å². The van der Waals surface area contributed by atoms with E-state index in [4.69, 9.17) is 14.2 Å². The number of nitrogens with one attached hydrogen (secondary N) is 1. The van der Waals surface area contributed by atoms with Crippen LogP contribution < -0.4 is 14.8 Å². The summed E-state index contributed by atoms with van der Waals surface area (Å²) in [5.41, 5.74) is 1.23. The number of hydrogen-bond donors (Lipinski definition) is 1. The van der Waals surface area contributed by atoms with E-state index in [1.807, 2.05) is 6.07 Å². The number of ether oxygens (including phenoxy) is 3. The second-order valence-corrected chi connectivity index (χ2v) is 9.42. The lowest BCUT2D eigenvalue weighted by Gasteiger charge is -2.41. The van der Waals surface area contributed by atoms with Gasteiger partial charge in [0.1, 0.15) is 11.5 Å². The lowest BCUT2D eigenvalue weighted by atomic mass is 9.92. The molecule has 0 radical (unpaired) electrons. The zero-order chi connectivity index (χ0) is 22.3. The van der Waals surface area contributed by atoms with E-state index in [0.29, 0.717) is 12.6 Å². The van der Waals surface area contributed by atoms with Gasteiger partial charge in [0.05, 0.1) is 20.3 Å². The second-order valence-electron chi connectivity index (χ2n) is 9.42. The molecule has 1 amide bonds. The fraction of sp³-hybridized carbons (Fsp3) is 0.720. The lowest BCUT2D eigenvalue weighted by Crippen LogP contribution is -2.49. The third kappa shape index (κ3) is 6.15. The lowest BCUT2D eigenvalue weighted by molar-refractivity contribution is -0.127. The van der Waals surface area contributed by atoms with Crippen LogP contribution in [-0.2, 0) is 16.1 Å². The minimum atomic E-state index is 0.163. The summed E-state index contributed by atoms with van der Waals surface area (Å²) in [7, 11) is 3.39. The number of nitrogens with zero attached hydrogens (tertiary/aromatic N) is 2. The molecule has 3 aliphatic rings. The minimum absolute atomic E-state index is 0.163. The van der Waals surface area contributed by atoms with Crippen LogP contribution in [0.5, 0.6) is 11.5 Å². The molecule has 3 fully saturated rings. The van der Waals surface area contributed by atoms with Crippen molar-refractivity contribution in [2.75, 3.05) is 53.6 Å². The van der Waals surface area contributed by atoms with Crippen LogP contribution in [0.25, 0.3) is 0 Å². The number of amides is 1. The van der Waals surface area contributed by atoms with Crippen molar-refractivity contribution in [3.8, 4) is 11.5 Å². The Morgan fingerprint density at radius 2 is 1.69 bits per heavy atom. The van der Waals surface area contributed by atoms with Crippen molar-refractivity contribution >= 4 is 5.91 Å². The van der Waals surface area contributed by atoms with Crippen molar-refractivity contribution in [1.29, 1.82) is 0 Å². The van der Waals surface area contributed by atoms with E-state index in [-0.39, 0.29) is 17.9 Å². The van der Waals surface area contributed by atoms with Crippen LogP contribution in [0.2, 0.25) is 0 Å². The molecule has 3 saturated heterocycles. The highest BCUT2D eigenvalue weighted by Gasteiger charge is 2.31. The molecule has 0 spiro atoms. The summed E-state index contributed by atoms with van der Waals surface area (Å²) in [5, 5.41) is 3.13. The fourth-order valence-electron chi connectivity index (χ4n) is 5.35. The maximum atomic E-state index is 12.5. The Balaban J connectivity index is 1.18. The first kappa shape index (κ1) is 23.3. The zero-order valence-corrected chi connectivity index (χ0v) is 19.7. The molecule has 0 aromatic heterocycles. The van der Waals surface area contributed by atoms with Crippen molar-refractivity contribution in [2.45, 2.75) is 57.2 Å². The van der Waals surface area contributed by atoms with Gasteiger partial charge in [-0.15, -0.1) is 0 Å². The summed E-state index contributed by atoms with van der Waals surface area (Å²) < 4.78 is 16.4. The number of carbonyl (C=O) groups is 1. The third-order valence-corrected chi connectivity index (χ3v) is 7.32. The molecule has 1 atom stereocenters. The number of methoxy groups -OCH3 is 2. The van der Waals surface area contributed by atoms with Gasteiger partial charge in [-0.25, -0.2) is 0 Å². The zero-order valence-electron chi connectivity index (χ0n) is 19.7. The second kappa shape index (κ2) is 11.3. The molecule has 4 rings (SSSR count). The Morgan fingerprint density at radius 1 is 1.00 bits per heavy atom. The van der Waals surface area contributed by atoms with Gasteiger partial charge in [-0.3, -0.25) is 9.69 Å². The molecular weight excluding hydrogens is 406 g/mol. The molecule has 7 heteroatoms. The Bertz CT molecular complexity index is 714. The monoisotopic (exact) mass is 445 g/mol. The number of likely N-dealkylation sites (tertiary alicyclic amines) is 2. The molecule has 3 aliphatic heterocycles. The van der Waals surface area contributed by atoms with Gasteiger partial charge in [-0.2, -0.15) is 0 Å². The maximum absolute atomic E-state index is 12.5. The normalized spacial score (nSPS) is 23.9. The van der Waals surface area contributed by atoms with Gasteiger partial charge >= 0.3 is 0 Å². The van der Waals surface area contributed by atoms with Crippen molar-refractivity contribution in [2.24, 2.45) is 5.92 Å². The van der Waals surface area contributed by atoms with E-state index in [0.717, 1.165) is 76.5 Å². The number of hydrogen-bond acceptors (Lipinski definition) is 6. The highest BCUT2D eigenvalue weighted by molar-refractivity contribution is 5.78. The summed E-state index contributed by atoms with van der Waals surface area (Å²) in [6.45, 7) is 6.72. The van der Waals surface area contributed by atoms with Gasteiger partial charge in [0.2, 0.25) is 5.91 Å². The van der Waals surface area contributed by atoms with Crippen LogP contribution in [0.3, 0.4) is 0 Å². The summed E-state index contributed by atoms with van der Waals surface area (Å²) in [6, 6.07) is 6.76. The third-order valence-electron chi connectivity index (χ3n) is 7.32. The fourth-order valence-corrected chi connectivity index (χ4v) is 5.35. The van der Waals surface area contributed by atoms with Crippen molar-refractivity contribution in [1.82, 2.24) is 15.1 Å². The molecule has 0 saturated carbocycles.